The van der Waals surface area contributed by atoms with E-state index in [1.54, 1.807) is 7.05 Å². The van der Waals surface area contributed by atoms with E-state index in [0.29, 0.717) is 13.0 Å². The van der Waals surface area contributed by atoms with Crippen LogP contribution in [0.5, 0.6) is 0 Å². The summed E-state index contributed by atoms with van der Waals surface area (Å²) in [5.41, 5.74) is 4.99. The van der Waals surface area contributed by atoms with Gasteiger partial charge < -0.3 is 16.4 Å². The topological polar surface area (TPSA) is 84.2 Å². The van der Waals surface area contributed by atoms with Crippen molar-refractivity contribution >= 4 is 11.8 Å². The van der Waals surface area contributed by atoms with E-state index in [9.17, 15) is 9.59 Å². The summed E-state index contributed by atoms with van der Waals surface area (Å²) >= 11 is 0. The molecule has 0 bridgehead atoms. The average molecular weight is 185 g/mol. The van der Waals surface area contributed by atoms with Crippen LogP contribution in [0.15, 0.2) is 0 Å². The van der Waals surface area contributed by atoms with Gasteiger partial charge in [0.05, 0.1) is 5.54 Å². The van der Waals surface area contributed by atoms with Crippen molar-refractivity contribution in [3.8, 4) is 0 Å². The maximum atomic E-state index is 11.2. The molecule has 2 amide bonds. The zero-order chi connectivity index (χ0) is 9.90. The minimum absolute atomic E-state index is 0.0813. The van der Waals surface area contributed by atoms with Gasteiger partial charge in [0.1, 0.15) is 0 Å². The zero-order valence-corrected chi connectivity index (χ0v) is 7.72. The minimum atomic E-state index is -0.636. The number of amides is 2. The third-order valence-electron chi connectivity index (χ3n) is 2.16. The molecule has 1 saturated carbocycles. The second kappa shape index (κ2) is 3.74. The predicted molar refractivity (Wildman–Crippen MR) is 47.8 cm³/mol. The monoisotopic (exact) mass is 185 g/mol. The van der Waals surface area contributed by atoms with Crippen LogP contribution < -0.4 is 16.4 Å². The molecule has 4 N–H and O–H groups in total. The molecular formula is C8H15N3O2. The number of nitrogens with two attached hydrogens (primary N) is 1. The standard InChI is InChI=1S/C8H15N3O2/c1-10-6(12)2-5-11-7(13)8(9)3-4-8/h2-5,9H2,1H3,(H,10,12)(H,11,13). The SMILES string of the molecule is CNC(=O)CCNC(=O)C1(N)CC1. The molecule has 0 heterocycles. The van der Waals surface area contributed by atoms with Gasteiger partial charge in [0.15, 0.2) is 0 Å². The van der Waals surface area contributed by atoms with Gasteiger partial charge in [-0.15, -0.1) is 0 Å². The summed E-state index contributed by atoms with van der Waals surface area (Å²) in [5.74, 6) is -0.224. The molecule has 5 heteroatoms. The highest BCUT2D eigenvalue weighted by atomic mass is 16.2. The van der Waals surface area contributed by atoms with Crippen molar-refractivity contribution in [3.05, 3.63) is 0 Å². The van der Waals surface area contributed by atoms with Gasteiger partial charge in [0.2, 0.25) is 11.8 Å². The van der Waals surface area contributed by atoms with Gasteiger partial charge in [-0.05, 0) is 12.8 Å². The Balaban J connectivity index is 2.12. The number of carbonyl (C=O) groups is 2. The molecule has 0 radical (unpaired) electrons. The summed E-state index contributed by atoms with van der Waals surface area (Å²) in [7, 11) is 1.56. The molecule has 0 aromatic heterocycles. The van der Waals surface area contributed by atoms with E-state index < -0.39 is 5.54 Å². The number of carbonyl (C=O) groups excluding carboxylic acids is 2. The van der Waals surface area contributed by atoms with Crippen molar-refractivity contribution in [1.82, 2.24) is 10.6 Å². The molecule has 74 valence electrons. The summed E-state index contributed by atoms with van der Waals surface area (Å²) < 4.78 is 0. The van der Waals surface area contributed by atoms with Crippen LogP contribution in [0.25, 0.3) is 0 Å². The number of hydrogen-bond acceptors (Lipinski definition) is 3. The second-order valence-corrected chi connectivity index (χ2v) is 3.34. The lowest BCUT2D eigenvalue weighted by Gasteiger charge is -2.08. The normalized spacial score (nSPS) is 17.7. The Kier molecular flexibility index (Phi) is 2.87. The molecule has 1 aliphatic carbocycles. The summed E-state index contributed by atoms with van der Waals surface area (Å²) in [6.07, 6.45) is 1.80. The Bertz CT molecular complexity index is 223. The first kappa shape index (κ1) is 9.98. The van der Waals surface area contributed by atoms with Crippen LogP contribution in [0.4, 0.5) is 0 Å². The largest absolute Gasteiger partial charge is 0.359 e. The Labute approximate surface area is 77.1 Å². The van der Waals surface area contributed by atoms with Crippen molar-refractivity contribution in [2.75, 3.05) is 13.6 Å². The molecule has 0 aliphatic heterocycles. The first-order valence-electron chi connectivity index (χ1n) is 4.36. The number of hydrogen-bond donors (Lipinski definition) is 3. The molecule has 0 saturated heterocycles. The molecule has 13 heavy (non-hydrogen) atoms. The fourth-order valence-corrected chi connectivity index (χ4v) is 0.952. The molecule has 1 rings (SSSR count). The molecule has 0 spiro atoms. The number of nitrogens with one attached hydrogen (secondary N) is 2. The highest BCUT2D eigenvalue weighted by molar-refractivity contribution is 5.89. The smallest absolute Gasteiger partial charge is 0.240 e. The van der Waals surface area contributed by atoms with Crippen LogP contribution in [-0.4, -0.2) is 30.9 Å². The third-order valence-corrected chi connectivity index (χ3v) is 2.16. The Morgan fingerprint density at radius 2 is 2.08 bits per heavy atom. The summed E-state index contributed by atoms with van der Waals surface area (Å²) in [6, 6.07) is 0. The van der Waals surface area contributed by atoms with Crippen LogP contribution in [0.1, 0.15) is 19.3 Å². The maximum absolute atomic E-state index is 11.2. The fourth-order valence-electron chi connectivity index (χ4n) is 0.952. The molecule has 0 aromatic rings. The Hall–Kier alpha value is -1.10. The molecular weight excluding hydrogens is 170 g/mol. The summed E-state index contributed by atoms with van der Waals surface area (Å²) in [6.45, 7) is 0.359. The second-order valence-electron chi connectivity index (χ2n) is 3.34. The van der Waals surface area contributed by atoms with E-state index >= 15 is 0 Å². The summed E-state index contributed by atoms with van der Waals surface area (Å²) in [5, 5.41) is 5.10. The van der Waals surface area contributed by atoms with Gasteiger partial charge >= 0.3 is 0 Å². The van der Waals surface area contributed by atoms with Gasteiger partial charge in [0.25, 0.3) is 0 Å². The van der Waals surface area contributed by atoms with Crippen LogP contribution in [-0.2, 0) is 9.59 Å². The van der Waals surface area contributed by atoms with E-state index in [1.165, 1.54) is 0 Å². The van der Waals surface area contributed by atoms with E-state index in [2.05, 4.69) is 10.6 Å². The maximum Gasteiger partial charge on any atom is 0.240 e. The Morgan fingerprint density at radius 1 is 1.46 bits per heavy atom. The van der Waals surface area contributed by atoms with E-state index in [4.69, 9.17) is 5.73 Å². The van der Waals surface area contributed by atoms with Gasteiger partial charge in [0, 0.05) is 20.0 Å². The number of rotatable bonds is 4. The van der Waals surface area contributed by atoms with Crippen molar-refractivity contribution in [1.29, 1.82) is 0 Å². The van der Waals surface area contributed by atoms with Crippen molar-refractivity contribution < 1.29 is 9.59 Å². The Morgan fingerprint density at radius 3 is 2.54 bits per heavy atom. The molecule has 1 aliphatic rings. The molecule has 1 fully saturated rings. The van der Waals surface area contributed by atoms with Crippen molar-refractivity contribution in [2.24, 2.45) is 5.73 Å². The molecule has 0 unspecified atom stereocenters. The van der Waals surface area contributed by atoms with Gasteiger partial charge in [-0.3, -0.25) is 9.59 Å². The fraction of sp³-hybridized carbons (Fsp3) is 0.750. The van der Waals surface area contributed by atoms with Crippen LogP contribution in [0.2, 0.25) is 0 Å². The minimum Gasteiger partial charge on any atom is -0.359 e. The molecule has 0 atom stereocenters. The van der Waals surface area contributed by atoms with Gasteiger partial charge in [-0.2, -0.15) is 0 Å². The highest BCUT2D eigenvalue weighted by Gasteiger charge is 2.45. The van der Waals surface area contributed by atoms with Crippen molar-refractivity contribution in [3.63, 3.8) is 0 Å². The zero-order valence-electron chi connectivity index (χ0n) is 7.72. The van der Waals surface area contributed by atoms with E-state index in [-0.39, 0.29) is 11.8 Å². The lowest BCUT2D eigenvalue weighted by molar-refractivity contribution is -0.123. The van der Waals surface area contributed by atoms with Gasteiger partial charge in [-0.25, -0.2) is 0 Å². The van der Waals surface area contributed by atoms with Crippen molar-refractivity contribution in [2.45, 2.75) is 24.8 Å². The average Bonchev–Trinajstić information content (AvgIpc) is 2.84. The highest BCUT2D eigenvalue weighted by Crippen LogP contribution is 2.31. The van der Waals surface area contributed by atoms with Gasteiger partial charge in [-0.1, -0.05) is 0 Å². The first-order chi connectivity index (χ1) is 6.08. The summed E-state index contributed by atoms with van der Waals surface area (Å²) in [4.78, 5) is 22.0. The quantitative estimate of drug-likeness (QED) is 0.510. The third kappa shape index (κ3) is 2.69. The van der Waals surface area contributed by atoms with E-state index in [0.717, 1.165) is 12.8 Å². The molecule has 0 aromatic carbocycles. The lowest BCUT2D eigenvalue weighted by Crippen LogP contribution is -2.43. The van der Waals surface area contributed by atoms with Crippen LogP contribution >= 0.6 is 0 Å². The first-order valence-corrected chi connectivity index (χ1v) is 4.36. The lowest BCUT2D eigenvalue weighted by atomic mass is 10.2. The van der Waals surface area contributed by atoms with Crippen LogP contribution in [0, 0.1) is 0 Å². The van der Waals surface area contributed by atoms with Crippen LogP contribution in [0.3, 0.4) is 0 Å². The molecule has 5 nitrogen and oxygen atoms in total. The predicted octanol–water partition coefficient (Wildman–Crippen LogP) is -1.27. The van der Waals surface area contributed by atoms with E-state index in [1.807, 2.05) is 0 Å².